The lowest BCUT2D eigenvalue weighted by Crippen LogP contribution is -2.33. The van der Waals surface area contributed by atoms with Gasteiger partial charge in [0, 0.05) is 7.05 Å². The molecule has 0 fully saturated rings. The Labute approximate surface area is 137 Å². The van der Waals surface area contributed by atoms with Gasteiger partial charge in [-0.1, -0.05) is 24.3 Å². The maximum Gasteiger partial charge on any atom is 0.322 e. The average molecular weight is 329 g/mol. The van der Waals surface area contributed by atoms with E-state index in [-0.39, 0.29) is 17.8 Å². The average Bonchev–Trinajstić information content (AvgIpc) is 2.99. The number of aromatic nitrogens is 1. The minimum atomic E-state index is -0.457. The number of urea groups is 1. The van der Waals surface area contributed by atoms with Crippen LogP contribution in [-0.2, 0) is 0 Å². The van der Waals surface area contributed by atoms with E-state index in [2.05, 4.69) is 10.3 Å². The standard InChI is InChI=1S/C17H16FN3OS/c1-11(16-19-14-9-5-6-10-15(14)23-16)21(2)17(22)20-13-8-4-3-7-12(13)18/h3-11H,1-2H3,(H,20,22)/t11-/m1/s1. The molecule has 23 heavy (non-hydrogen) atoms. The summed E-state index contributed by atoms with van der Waals surface area (Å²) in [7, 11) is 1.67. The molecule has 0 unspecified atom stereocenters. The van der Waals surface area contributed by atoms with E-state index < -0.39 is 5.82 Å². The summed E-state index contributed by atoms with van der Waals surface area (Å²) in [6, 6.07) is 13.4. The molecule has 1 aromatic heterocycles. The van der Waals surface area contributed by atoms with Crippen LogP contribution in [0.1, 0.15) is 18.0 Å². The van der Waals surface area contributed by atoms with E-state index in [0.717, 1.165) is 15.2 Å². The Balaban J connectivity index is 1.77. The topological polar surface area (TPSA) is 45.2 Å². The van der Waals surface area contributed by atoms with Gasteiger partial charge in [-0.05, 0) is 31.2 Å². The zero-order valence-electron chi connectivity index (χ0n) is 12.8. The highest BCUT2D eigenvalue weighted by atomic mass is 32.1. The number of carbonyl (C=O) groups excluding carboxylic acids is 1. The zero-order chi connectivity index (χ0) is 16.4. The van der Waals surface area contributed by atoms with E-state index in [4.69, 9.17) is 0 Å². The van der Waals surface area contributed by atoms with Crippen LogP contribution in [0.3, 0.4) is 0 Å². The molecule has 0 saturated carbocycles. The maximum atomic E-state index is 13.6. The minimum absolute atomic E-state index is 0.167. The fraction of sp³-hybridized carbons (Fsp3) is 0.176. The number of benzene rings is 2. The summed E-state index contributed by atoms with van der Waals surface area (Å²) in [6.07, 6.45) is 0. The highest BCUT2D eigenvalue weighted by Crippen LogP contribution is 2.29. The Hall–Kier alpha value is -2.47. The van der Waals surface area contributed by atoms with Gasteiger partial charge in [0.25, 0.3) is 0 Å². The van der Waals surface area contributed by atoms with Crippen molar-refractivity contribution in [1.82, 2.24) is 9.88 Å². The first-order valence-electron chi connectivity index (χ1n) is 7.20. The number of para-hydroxylation sites is 2. The second-order valence-electron chi connectivity index (χ2n) is 5.22. The molecular formula is C17H16FN3OS. The van der Waals surface area contributed by atoms with E-state index in [1.165, 1.54) is 17.0 Å². The first kappa shape index (κ1) is 15.4. The number of nitrogens with zero attached hydrogens (tertiary/aromatic N) is 2. The van der Waals surface area contributed by atoms with Crippen molar-refractivity contribution in [1.29, 1.82) is 0 Å². The summed E-state index contributed by atoms with van der Waals surface area (Å²) in [5, 5.41) is 3.43. The highest BCUT2D eigenvalue weighted by Gasteiger charge is 2.21. The van der Waals surface area contributed by atoms with Crippen LogP contribution in [0.4, 0.5) is 14.9 Å². The third-order valence-electron chi connectivity index (χ3n) is 3.68. The molecule has 3 aromatic rings. The predicted molar refractivity (Wildman–Crippen MR) is 91.2 cm³/mol. The first-order chi connectivity index (χ1) is 11.1. The molecule has 2 amide bonds. The molecule has 4 nitrogen and oxygen atoms in total. The van der Waals surface area contributed by atoms with Crippen molar-refractivity contribution in [2.24, 2.45) is 0 Å². The second-order valence-corrected chi connectivity index (χ2v) is 6.28. The molecule has 0 bridgehead atoms. The summed E-state index contributed by atoms with van der Waals surface area (Å²) in [5.74, 6) is -0.457. The van der Waals surface area contributed by atoms with E-state index in [1.807, 2.05) is 31.2 Å². The van der Waals surface area contributed by atoms with Gasteiger partial charge in [-0.2, -0.15) is 0 Å². The van der Waals surface area contributed by atoms with Crippen molar-refractivity contribution < 1.29 is 9.18 Å². The van der Waals surface area contributed by atoms with E-state index in [9.17, 15) is 9.18 Å². The van der Waals surface area contributed by atoms with Crippen molar-refractivity contribution in [2.75, 3.05) is 12.4 Å². The van der Waals surface area contributed by atoms with Gasteiger partial charge in [0.2, 0.25) is 0 Å². The lowest BCUT2D eigenvalue weighted by Gasteiger charge is -2.23. The van der Waals surface area contributed by atoms with Crippen LogP contribution < -0.4 is 5.32 Å². The van der Waals surface area contributed by atoms with Crippen LogP contribution >= 0.6 is 11.3 Å². The van der Waals surface area contributed by atoms with E-state index >= 15 is 0 Å². The molecule has 1 atom stereocenters. The summed E-state index contributed by atoms with van der Waals surface area (Å²) in [6.45, 7) is 1.90. The lowest BCUT2D eigenvalue weighted by atomic mass is 10.3. The van der Waals surface area contributed by atoms with Gasteiger partial charge in [-0.3, -0.25) is 0 Å². The fourth-order valence-corrected chi connectivity index (χ4v) is 3.24. The Bertz CT molecular complexity index is 815. The maximum absolute atomic E-state index is 13.6. The molecule has 1 N–H and O–H groups in total. The monoisotopic (exact) mass is 329 g/mol. The fourth-order valence-electron chi connectivity index (χ4n) is 2.18. The Kier molecular flexibility index (Phi) is 4.25. The number of anilines is 1. The molecule has 0 radical (unpaired) electrons. The summed E-state index contributed by atoms with van der Waals surface area (Å²) in [5.41, 5.74) is 1.09. The van der Waals surface area contributed by atoms with Crippen LogP contribution in [0.25, 0.3) is 10.2 Å². The van der Waals surface area contributed by atoms with Crippen molar-refractivity contribution in [3.05, 3.63) is 59.4 Å². The minimum Gasteiger partial charge on any atom is -0.318 e. The van der Waals surface area contributed by atoms with Crippen LogP contribution in [0, 0.1) is 5.82 Å². The molecule has 3 rings (SSSR count). The number of halogens is 1. The molecule has 2 aromatic carbocycles. The van der Waals surface area contributed by atoms with E-state index in [0.29, 0.717) is 0 Å². The summed E-state index contributed by atoms with van der Waals surface area (Å²) >= 11 is 1.55. The normalized spacial score (nSPS) is 12.1. The lowest BCUT2D eigenvalue weighted by molar-refractivity contribution is 0.208. The second kappa shape index (κ2) is 6.34. The molecule has 0 spiro atoms. The van der Waals surface area contributed by atoms with Gasteiger partial charge >= 0.3 is 6.03 Å². The number of fused-ring (bicyclic) bond motifs is 1. The van der Waals surface area contributed by atoms with Crippen LogP contribution in [-0.4, -0.2) is 23.0 Å². The third kappa shape index (κ3) is 3.17. The highest BCUT2D eigenvalue weighted by molar-refractivity contribution is 7.18. The SMILES string of the molecule is C[C@H](c1nc2ccccc2s1)N(C)C(=O)Nc1ccccc1F. The zero-order valence-corrected chi connectivity index (χ0v) is 13.6. The number of hydrogen-bond acceptors (Lipinski definition) is 3. The molecule has 6 heteroatoms. The quantitative estimate of drug-likeness (QED) is 0.759. The van der Waals surface area contributed by atoms with Gasteiger partial charge in [0.1, 0.15) is 10.8 Å². The smallest absolute Gasteiger partial charge is 0.318 e. The van der Waals surface area contributed by atoms with Crippen molar-refractivity contribution >= 4 is 33.3 Å². The number of nitrogens with one attached hydrogen (secondary N) is 1. The molecule has 0 aliphatic rings. The molecule has 1 heterocycles. The number of amides is 2. The van der Waals surface area contributed by atoms with Gasteiger partial charge in [0.05, 0.1) is 21.9 Å². The summed E-state index contributed by atoms with van der Waals surface area (Å²) < 4.78 is 14.7. The molecular weight excluding hydrogens is 313 g/mol. The van der Waals surface area contributed by atoms with Gasteiger partial charge < -0.3 is 10.2 Å². The van der Waals surface area contributed by atoms with Crippen molar-refractivity contribution in [3.8, 4) is 0 Å². The molecule has 0 aliphatic heterocycles. The van der Waals surface area contributed by atoms with Gasteiger partial charge in [0.15, 0.2) is 0 Å². The molecule has 0 saturated heterocycles. The van der Waals surface area contributed by atoms with Crippen LogP contribution in [0.2, 0.25) is 0 Å². The van der Waals surface area contributed by atoms with Crippen molar-refractivity contribution in [3.63, 3.8) is 0 Å². The summed E-state index contributed by atoms with van der Waals surface area (Å²) in [4.78, 5) is 18.4. The number of thiazole rings is 1. The van der Waals surface area contributed by atoms with Gasteiger partial charge in [-0.15, -0.1) is 11.3 Å². The number of carbonyl (C=O) groups is 1. The van der Waals surface area contributed by atoms with Crippen LogP contribution in [0.5, 0.6) is 0 Å². The largest absolute Gasteiger partial charge is 0.322 e. The molecule has 118 valence electrons. The Morgan fingerprint density at radius 2 is 1.91 bits per heavy atom. The number of rotatable bonds is 3. The predicted octanol–water partition coefficient (Wildman–Crippen LogP) is 4.66. The third-order valence-corrected chi connectivity index (χ3v) is 4.89. The van der Waals surface area contributed by atoms with Gasteiger partial charge in [-0.25, -0.2) is 14.2 Å². The first-order valence-corrected chi connectivity index (χ1v) is 8.01. The van der Waals surface area contributed by atoms with Crippen molar-refractivity contribution in [2.45, 2.75) is 13.0 Å². The number of hydrogen-bond donors (Lipinski definition) is 1. The Morgan fingerprint density at radius 3 is 2.65 bits per heavy atom. The Morgan fingerprint density at radius 1 is 1.22 bits per heavy atom. The molecule has 0 aliphatic carbocycles. The van der Waals surface area contributed by atoms with Crippen LogP contribution in [0.15, 0.2) is 48.5 Å². The van der Waals surface area contributed by atoms with E-state index in [1.54, 1.807) is 30.5 Å².